The van der Waals surface area contributed by atoms with Crippen molar-refractivity contribution in [2.75, 3.05) is 11.9 Å². The quantitative estimate of drug-likeness (QED) is 0.782. The average Bonchev–Trinajstić information content (AvgIpc) is 2.42. The van der Waals surface area contributed by atoms with E-state index < -0.39 is 0 Å². The van der Waals surface area contributed by atoms with Gasteiger partial charge in [-0.1, -0.05) is 11.6 Å². The number of halogens is 1. The molecule has 1 aliphatic heterocycles. The van der Waals surface area contributed by atoms with E-state index in [9.17, 15) is 4.79 Å². The molecule has 0 unspecified atom stereocenters. The lowest BCUT2D eigenvalue weighted by Crippen LogP contribution is -2.31. The van der Waals surface area contributed by atoms with Gasteiger partial charge in [-0.25, -0.2) is 4.98 Å². The molecule has 6 heteroatoms. The number of hydrogen-bond donors (Lipinski definition) is 3. The highest BCUT2D eigenvalue weighted by atomic mass is 35.5. The summed E-state index contributed by atoms with van der Waals surface area (Å²) in [5.74, 6) is 0.453. The number of H-pyrrole nitrogens is 1. The van der Waals surface area contributed by atoms with Gasteiger partial charge in [0.1, 0.15) is 0 Å². The van der Waals surface area contributed by atoms with Crippen LogP contribution in [-0.4, -0.2) is 16.5 Å². The Morgan fingerprint density at radius 3 is 2.84 bits per heavy atom. The Morgan fingerprint density at radius 1 is 1.26 bits per heavy atom. The third-order valence-electron chi connectivity index (χ3n) is 3.05. The zero-order chi connectivity index (χ0) is 13.2. The van der Waals surface area contributed by atoms with Crippen LogP contribution in [0.4, 0.5) is 11.6 Å². The van der Waals surface area contributed by atoms with E-state index in [-0.39, 0.29) is 5.56 Å². The van der Waals surface area contributed by atoms with Crippen molar-refractivity contribution in [3.05, 3.63) is 50.9 Å². The predicted molar refractivity (Wildman–Crippen MR) is 75.0 cm³/mol. The van der Waals surface area contributed by atoms with Gasteiger partial charge in [0, 0.05) is 22.8 Å². The van der Waals surface area contributed by atoms with Gasteiger partial charge in [0.25, 0.3) is 5.56 Å². The van der Waals surface area contributed by atoms with Gasteiger partial charge in [-0.05, 0) is 37.2 Å². The fourth-order valence-corrected chi connectivity index (χ4v) is 2.22. The number of aromatic nitrogens is 2. The van der Waals surface area contributed by atoms with Crippen molar-refractivity contribution in [1.29, 1.82) is 0 Å². The average molecular weight is 277 g/mol. The molecule has 3 N–H and O–H groups in total. The van der Waals surface area contributed by atoms with Crippen LogP contribution in [-0.2, 0) is 13.0 Å². The van der Waals surface area contributed by atoms with Crippen LogP contribution in [0.3, 0.4) is 0 Å². The summed E-state index contributed by atoms with van der Waals surface area (Å²) in [6.07, 6.45) is 0.721. The van der Waals surface area contributed by atoms with E-state index in [1.54, 1.807) is 12.1 Å². The number of rotatable bonds is 2. The zero-order valence-electron chi connectivity index (χ0n) is 10.2. The number of anilines is 2. The third-order valence-corrected chi connectivity index (χ3v) is 3.30. The lowest BCUT2D eigenvalue weighted by Gasteiger charge is -2.16. The first-order chi connectivity index (χ1) is 9.22. The van der Waals surface area contributed by atoms with Crippen molar-refractivity contribution < 1.29 is 0 Å². The molecule has 0 saturated heterocycles. The van der Waals surface area contributed by atoms with Crippen LogP contribution in [0.1, 0.15) is 11.3 Å². The number of aromatic amines is 1. The van der Waals surface area contributed by atoms with Crippen molar-refractivity contribution in [2.24, 2.45) is 0 Å². The van der Waals surface area contributed by atoms with E-state index in [1.807, 2.05) is 12.1 Å². The normalized spacial score (nSPS) is 13.9. The number of fused-ring (bicyclic) bond motifs is 1. The van der Waals surface area contributed by atoms with Gasteiger partial charge in [-0.15, -0.1) is 0 Å². The standard InChI is InChI=1S/C13H13ClN4O/c14-8-1-3-9(4-2-8)16-13-17-11-7-15-6-5-10(11)12(19)18-13/h1-4,15H,5-7H2,(H2,16,17,18,19). The van der Waals surface area contributed by atoms with Gasteiger partial charge in [0.2, 0.25) is 5.95 Å². The molecule has 0 atom stereocenters. The molecule has 98 valence electrons. The molecule has 2 heterocycles. The van der Waals surface area contributed by atoms with Crippen LogP contribution >= 0.6 is 11.6 Å². The summed E-state index contributed by atoms with van der Waals surface area (Å²) >= 11 is 5.83. The number of nitrogens with one attached hydrogen (secondary N) is 3. The minimum absolute atomic E-state index is 0.0667. The molecule has 0 fully saturated rings. The number of hydrogen-bond acceptors (Lipinski definition) is 4. The molecule has 1 aliphatic rings. The zero-order valence-corrected chi connectivity index (χ0v) is 10.9. The summed E-state index contributed by atoms with van der Waals surface area (Å²) in [6, 6.07) is 7.23. The molecule has 0 radical (unpaired) electrons. The first kappa shape index (κ1) is 12.2. The first-order valence-electron chi connectivity index (χ1n) is 6.08. The van der Waals surface area contributed by atoms with Crippen LogP contribution < -0.4 is 16.2 Å². The van der Waals surface area contributed by atoms with Crippen molar-refractivity contribution >= 4 is 23.2 Å². The molecule has 5 nitrogen and oxygen atoms in total. The molecular formula is C13H13ClN4O. The highest BCUT2D eigenvalue weighted by molar-refractivity contribution is 6.30. The van der Waals surface area contributed by atoms with Gasteiger partial charge in [0.15, 0.2) is 0 Å². The van der Waals surface area contributed by atoms with Crippen molar-refractivity contribution in [2.45, 2.75) is 13.0 Å². The Labute approximate surface area is 115 Å². The molecule has 0 amide bonds. The van der Waals surface area contributed by atoms with Crippen molar-refractivity contribution in [3.63, 3.8) is 0 Å². The maximum atomic E-state index is 11.9. The Morgan fingerprint density at radius 2 is 2.05 bits per heavy atom. The molecule has 0 aliphatic carbocycles. The summed E-state index contributed by atoms with van der Waals surface area (Å²) in [4.78, 5) is 19.1. The summed E-state index contributed by atoms with van der Waals surface area (Å²) in [6.45, 7) is 1.45. The monoisotopic (exact) mass is 276 g/mol. The van der Waals surface area contributed by atoms with Crippen LogP contribution in [0.25, 0.3) is 0 Å². The minimum Gasteiger partial charge on any atom is -0.326 e. The summed E-state index contributed by atoms with van der Waals surface area (Å²) < 4.78 is 0. The lowest BCUT2D eigenvalue weighted by atomic mass is 10.1. The van der Waals surface area contributed by atoms with Crippen LogP contribution in [0.15, 0.2) is 29.1 Å². The van der Waals surface area contributed by atoms with Crippen molar-refractivity contribution in [1.82, 2.24) is 15.3 Å². The molecule has 3 rings (SSSR count). The molecule has 19 heavy (non-hydrogen) atoms. The second-order valence-corrected chi connectivity index (χ2v) is 4.83. The second-order valence-electron chi connectivity index (χ2n) is 4.40. The molecular weight excluding hydrogens is 264 g/mol. The molecule has 0 saturated carbocycles. The van der Waals surface area contributed by atoms with E-state index in [0.29, 0.717) is 17.5 Å². The van der Waals surface area contributed by atoms with Gasteiger partial charge in [-0.2, -0.15) is 0 Å². The SMILES string of the molecule is O=c1[nH]c(Nc2ccc(Cl)cc2)nc2c1CCNC2. The Balaban J connectivity index is 1.91. The van der Waals surface area contributed by atoms with Gasteiger partial charge < -0.3 is 10.6 Å². The van der Waals surface area contributed by atoms with Gasteiger partial charge >= 0.3 is 0 Å². The first-order valence-corrected chi connectivity index (χ1v) is 6.45. The van der Waals surface area contributed by atoms with Crippen LogP contribution in [0.5, 0.6) is 0 Å². The Kier molecular flexibility index (Phi) is 3.23. The maximum Gasteiger partial charge on any atom is 0.255 e. The maximum absolute atomic E-state index is 11.9. The fourth-order valence-electron chi connectivity index (χ4n) is 2.10. The fraction of sp³-hybridized carbons (Fsp3) is 0.231. The van der Waals surface area contributed by atoms with E-state index in [4.69, 9.17) is 11.6 Å². The Hall–Kier alpha value is -1.85. The summed E-state index contributed by atoms with van der Waals surface area (Å²) in [5, 5.41) is 6.94. The second kappa shape index (κ2) is 5.03. The third kappa shape index (κ3) is 2.62. The summed E-state index contributed by atoms with van der Waals surface area (Å²) in [7, 11) is 0. The van der Waals surface area contributed by atoms with E-state index in [2.05, 4.69) is 20.6 Å². The van der Waals surface area contributed by atoms with E-state index in [1.165, 1.54) is 0 Å². The molecule has 1 aromatic carbocycles. The number of nitrogens with zero attached hydrogens (tertiary/aromatic N) is 1. The largest absolute Gasteiger partial charge is 0.326 e. The Bertz CT molecular complexity index is 651. The highest BCUT2D eigenvalue weighted by Gasteiger charge is 2.14. The predicted octanol–water partition coefficient (Wildman–Crippen LogP) is 1.81. The minimum atomic E-state index is -0.0667. The smallest absolute Gasteiger partial charge is 0.255 e. The van der Waals surface area contributed by atoms with E-state index >= 15 is 0 Å². The van der Waals surface area contributed by atoms with Crippen LogP contribution in [0, 0.1) is 0 Å². The lowest BCUT2D eigenvalue weighted by molar-refractivity contribution is 0.620. The molecule has 1 aromatic heterocycles. The van der Waals surface area contributed by atoms with Crippen molar-refractivity contribution in [3.8, 4) is 0 Å². The molecule has 2 aromatic rings. The number of benzene rings is 1. The highest BCUT2D eigenvalue weighted by Crippen LogP contribution is 2.17. The van der Waals surface area contributed by atoms with E-state index in [0.717, 1.165) is 29.9 Å². The van der Waals surface area contributed by atoms with Gasteiger partial charge in [0.05, 0.1) is 5.69 Å². The molecule has 0 spiro atoms. The van der Waals surface area contributed by atoms with Crippen LogP contribution in [0.2, 0.25) is 5.02 Å². The van der Waals surface area contributed by atoms with Gasteiger partial charge in [-0.3, -0.25) is 9.78 Å². The molecule has 0 bridgehead atoms. The summed E-state index contributed by atoms with van der Waals surface area (Å²) in [5.41, 5.74) is 2.35. The topological polar surface area (TPSA) is 69.8 Å².